The van der Waals surface area contributed by atoms with Gasteiger partial charge in [-0.15, -0.1) is 0 Å². The third-order valence-corrected chi connectivity index (χ3v) is 3.63. The van der Waals surface area contributed by atoms with Crippen molar-refractivity contribution in [3.8, 4) is 0 Å². The molecule has 0 aromatic rings. The number of rotatable bonds is 0. The average molecular weight is 194 g/mol. The lowest BCUT2D eigenvalue weighted by atomic mass is 10.0. The van der Waals surface area contributed by atoms with Crippen LogP contribution in [0.3, 0.4) is 0 Å². The van der Waals surface area contributed by atoms with Crippen LogP contribution in [0.1, 0.15) is 38.5 Å². The van der Waals surface area contributed by atoms with E-state index in [9.17, 15) is 0 Å². The SMILES string of the molecule is C1=CC2CCC1O2.C1CC2CCC1O2. The number of fused-ring (bicyclic) bond motifs is 4. The summed E-state index contributed by atoms with van der Waals surface area (Å²) in [7, 11) is 0. The molecule has 0 radical (unpaired) electrons. The highest BCUT2D eigenvalue weighted by molar-refractivity contribution is 5.07. The maximum Gasteiger partial charge on any atom is 0.0765 e. The van der Waals surface area contributed by atoms with Crippen molar-refractivity contribution in [1.82, 2.24) is 0 Å². The van der Waals surface area contributed by atoms with Crippen LogP contribution in [-0.2, 0) is 9.47 Å². The Morgan fingerprint density at radius 1 is 0.643 bits per heavy atom. The second kappa shape index (κ2) is 3.67. The lowest BCUT2D eigenvalue weighted by molar-refractivity contribution is 0.105. The molecule has 0 aliphatic carbocycles. The number of ether oxygens (including phenoxy) is 2. The van der Waals surface area contributed by atoms with Gasteiger partial charge < -0.3 is 9.47 Å². The molecule has 0 N–H and O–H groups in total. The summed E-state index contributed by atoms with van der Waals surface area (Å²) in [6.45, 7) is 0. The van der Waals surface area contributed by atoms with Gasteiger partial charge in [0.05, 0.1) is 24.4 Å². The zero-order chi connectivity index (χ0) is 9.38. The molecule has 4 heterocycles. The monoisotopic (exact) mass is 194 g/mol. The van der Waals surface area contributed by atoms with Gasteiger partial charge in [-0.25, -0.2) is 0 Å². The van der Waals surface area contributed by atoms with Crippen LogP contribution in [0.2, 0.25) is 0 Å². The zero-order valence-corrected chi connectivity index (χ0v) is 8.52. The summed E-state index contributed by atoms with van der Waals surface area (Å²) in [5.41, 5.74) is 0. The first-order valence-corrected chi connectivity index (χ1v) is 5.89. The van der Waals surface area contributed by atoms with E-state index in [0.717, 1.165) is 0 Å². The van der Waals surface area contributed by atoms with Crippen LogP contribution in [0.25, 0.3) is 0 Å². The van der Waals surface area contributed by atoms with Crippen LogP contribution in [-0.4, -0.2) is 24.4 Å². The van der Waals surface area contributed by atoms with E-state index in [1.807, 2.05) is 0 Å². The minimum Gasteiger partial charge on any atom is -0.375 e. The first-order chi connectivity index (χ1) is 6.90. The Morgan fingerprint density at radius 3 is 1.29 bits per heavy atom. The summed E-state index contributed by atoms with van der Waals surface area (Å²) in [5.74, 6) is 0. The fourth-order valence-corrected chi connectivity index (χ4v) is 2.80. The number of hydrogen-bond acceptors (Lipinski definition) is 2. The molecule has 4 aliphatic heterocycles. The lowest BCUT2D eigenvalue weighted by Crippen LogP contribution is -1.98. The van der Waals surface area contributed by atoms with Crippen molar-refractivity contribution >= 4 is 0 Å². The van der Waals surface area contributed by atoms with Gasteiger partial charge in [-0.05, 0) is 38.5 Å². The molecule has 0 spiro atoms. The molecule has 4 rings (SSSR count). The maximum atomic E-state index is 5.47. The van der Waals surface area contributed by atoms with Crippen LogP contribution < -0.4 is 0 Å². The summed E-state index contributed by atoms with van der Waals surface area (Å²) < 4.78 is 10.8. The Hall–Kier alpha value is -0.340. The summed E-state index contributed by atoms with van der Waals surface area (Å²) in [6.07, 6.45) is 14.5. The predicted molar refractivity (Wildman–Crippen MR) is 54.2 cm³/mol. The zero-order valence-electron chi connectivity index (χ0n) is 8.52. The van der Waals surface area contributed by atoms with Gasteiger partial charge in [0.1, 0.15) is 0 Å². The summed E-state index contributed by atoms with van der Waals surface area (Å²) in [5, 5.41) is 0. The highest BCUT2D eigenvalue weighted by Gasteiger charge is 2.31. The van der Waals surface area contributed by atoms with Gasteiger partial charge in [0.15, 0.2) is 0 Å². The van der Waals surface area contributed by atoms with Crippen molar-refractivity contribution in [2.75, 3.05) is 0 Å². The molecule has 2 atom stereocenters. The summed E-state index contributed by atoms with van der Waals surface area (Å²) >= 11 is 0. The van der Waals surface area contributed by atoms with Gasteiger partial charge in [-0.2, -0.15) is 0 Å². The smallest absolute Gasteiger partial charge is 0.0765 e. The van der Waals surface area contributed by atoms with Gasteiger partial charge in [0.25, 0.3) is 0 Å². The Kier molecular flexibility index (Phi) is 2.34. The third-order valence-electron chi connectivity index (χ3n) is 3.63. The summed E-state index contributed by atoms with van der Waals surface area (Å²) in [6, 6.07) is 0. The quantitative estimate of drug-likeness (QED) is 0.551. The molecule has 2 nitrogen and oxygen atoms in total. The van der Waals surface area contributed by atoms with Gasteiger partial charge in [0, 0.05) is 0 Å². The van der Waals surface area contributed by atoms with E-state index in [2.05, 4.69) is 12.2 Å². The molecule has 3 saturated heterocycles. The van der Waals surface area contributed by atoms with E-state index >= 15 is 0 Å². The molecule has 2 heteroatoms. The summed E-state index contributed by atoms with van der Waals surface area (Å²) in [4.78, 5) is 0. The second-order valence-electron chi connectivity index (χ2n) is 4.71. The second-order valence-corrected chi connectivity index (χ2v) is 4.71. The molecular formula is C12H18O2. The van der Waals surface area contributed by atoms with Gasteiger partial charge >= 0.3 is 0 Å². The first kappa shape index (κ1) is 8.93. The molecule has 0 amide bonds. The van der Waals surface area contributed by atoms with Crippen LogP contribution in [0.5, 0.6) is 0 Å². The van der Waals surface area contributed by atoms with Crippen molar-refractivity contribution in [3.63, 3.8) is 0 Å². The fraction of sp³-hybridized carbons (Fsp3) is 0.833. The predicted octanol–water partition coefficient (Wildman–Crippen LogP) is 2.43. The minimum absolute atomic E-state index is 0.491. The molecule has 0 aromatic carbocycles. The lowest BCUT2D eigenvalue weighted by Gasteiger charge is -2.00. The van der Waals surface area contributed by atoms with Crippen molar-refractivity contribution in [3.05, 3.63) is 12.2 Å². The van der Waals surface area contributed by atoms with E-state index in [-0.39, 0.29) is 0 Å². The molecular weight excluding hydrogens is 176 g/mol. The Bertz CT molecular complexity index is 206. The first-order valence-electron chi connectivity index (χ1n) is 5.89. The van der Waals surface area contributed by atoms with Gasteiger partial charge in [-0.1, -0.05) is 12.2 Å². The molecule has 2 unspecified atom stereocenters. The van der Waals surface area contributed by atoms with Crippen LogP contribution in [0.15, 0.2) is 12.2 Å². The average Bonchev–Trinajstić information content (AvgIpc) is 3.01. The Morgan fingerprint density at radius 2 is 1.14 bits per heavy atom. The fourth-order valence-electron chi connectivity index (χ4n) is 2.80. The van der Waals surface area contributed by atoms with E-state index in [0.29, 0.717) is 24.4 Å². The molecule has 78 valence electrons. The van der Waals surface area contributed by atoms with E-state index in [1.54, 1.807) is 0 Å². The Labute approximate surface area is 85.3 Å². The van der Waals surface area contributed by atoms with Crippen LogP contribution in [0.4, 0.5) is 0 Å². The third kappa shape index (κ3) is 1.73. The van der Waals surface area contributed by atoms with Gasteiger partial charge in [0.2, 0.25) is 0 Å². The highest BCUT2D eigenvalue weighted by atomic mass is 16.5. The topological polar surface area (TPSA) is 18.5 Å². The number of hydrogen-bond donors (Lipinski definition) is 0. The molecule has 0 saturated carbocycles. The maximum absolute atomic E-state index is 5.47. The molecule has 0 aromatic heterocycles. The molecule has 4 aliphatic rings. The van der Waals surface area contributed by atoms with E-state index in [4.69, 9.17) is 9.47 Å². The Balaban J connectivity index is 0.0000000914. The molecule has 3 fully saturated rings. The largest absolute Gasteiger partial charge is 0.375 e. The van der Waals surface area contributed by atoms with Crippen LogP contribution >= 0.6 is 0 Å². The van der Waals surface area contributed by atoms with E-state index < -0.39 is 0 Å². The van der Waals surface area contributed by atoms with Gasteiger partial charge in [-0.3, -0.25) is 0 Å². The highest BCUT2D eigenvalue weighted by Crippen LogP contribution is 2.33. The normalized spacial score (nSPS) is 46.9. The van der Waals surface area contributed by atoms with Crippen molar-refractivity contribution in [2.45, 2.75) is 62.9 Å². The molecule has 14 heavy (non-hydrogen) atoms. The standard InChI is InChI=1S/C6H10O.C6H8O/c2*1-2-6-4-3-5(1)7-6/h5-6H,1-4H2;1-2,5-6H,3-4H2. The van der Waals surface area contributed by atoms with Crippen molar-refractivity contribution in [1.29, 1.82) is 0 Å². The minimum atomic E-state index is 0.491. The van der Waals surface area contributed by atoms with Crippen molar-refractivity contribution < 1.29 is 9.47 Å². The van der Waals surface area contributed by atoms with Crippen LogP contribution in [0, 0.1) is 0 Å². The molecule has 4 bridgehead atoms. The van der Waals surface area contributed by atoms with E-state index in [1.165, 1.54) is 38.5 Å². The van der Waals surface area contributed by atoms with Crippen molar-refractivity contribution in [2.24, 2.45) is 0 Å².